The highest BCUT2D eigenvalue weighted by Gasteiger charge is 2.44. The summed E-state index contributed by atoms with van der Waals surface area (Å²) in [5.41, 5.74) is 21.2. The number of phenolic OH excluding ortho intramolecular Hbond substituents is 1. The molecule has 12 rings (SSSR count). The number of fused-ring (bicyclic) bond motifs is 5. The molecular formula is C86H116N16O12S4. The van der Waals surface area contributed by atoms with Gasteiger partial charge < -0.3 is 84.5 Å². The molecule has 2 aliphatic carbocycles. The van der Waals surface area contributed by atoms with Crippen molar-refractivity contribution in [2.45, 2.75) is 202 Å². The number of H-pyrrole nitrogens is 3. The fourth-order valence-corrected chi connectivity index (χ4v) is 22.1. The van der Waals surface area contributed by atoms with Crippen LogP contribution in [-0.2, 0) is 73.6 Å². The lowest BCUT2D eigenvalue weighted by atomic mass is 9.72. The minimum absolute atomic E-state index is 0.00921. The Morgan fingerprint density at radius 2 is 1.17 bits per heavy atom. The molecule has 6 heterocycles. The molecule has 636 valence electrons. The Balaban J connectivity index is 0.794. The maximum atomic E-state index is 15.6. The normalized spacial score (nSPS) is 24.4. The van der Waals surface area contributed by atoms with Crippen LogP contribution < -0.4 is 59.3 Å². The van der Waals surface area contributed by atoms with Gasteiger partial charge in [-0.15, -0.1) is 0 Å². The Morgan fingerprint density at radius 3 is 1.78 bits per heavy atom. The molecule has 0 spiro atoms. The summed E-state index contributed by atoms with van der Waals surface area (Å²) in [6.07, 6.45) is 11.9. The predicted molar refractivity (Wildman–Crippen MR) is 467 cm³/mol. The number of aromatic hydroxyl groups is 1. The number of nitrogens with zero attached hydrogens (tertiary/aromatic N) is 2. The topological polar surface area (TPSA) is 425 Å². The zero-order valence-corrected chi connectivity index (χ0v) is 71.0. The number of hydrogen-bond acceptors (Lipinski definition) is 19. The van der Waals surface area contributed by atoms with E-state index in [-0.39, 0.29) is 85.8 Å². The van der Waals surface area contributed by atoms with E-state index in [4.69, 9.17) is 11.5 Å². The number of rotatable bonds is 33. The first-order chi connectivity index (χ1) is 57.1. The number of nitrogens with one attached hydrogen (secondary N) is 12. The van der Waals surface area contributed by atoms with Crippen molar-refractivity contribution in [1.82, 2.24) is 72.6 Å². The third kappa shape index (κ3) is 22.6. The predicted octanol–water partition coefficient (Wildman–Crippen LogP) is 5.93. The molecule has 0 bridgehead atoms. The fourth-order valence-electron chi connectivity index (χ4n) is 17.9. The number of carbonyl (C=O) groups is 10. The van der Waals surface area contributed by atoms with Crippen molar-refractivity contribution in [3.63, 3.8) is 0 Å². The molecule has 3 aromatic heterocycles. The van der Waals surface area contributed by atoms with E-state index in [9.17, 15) is 39.0 Å². The Hall–Kier alpha value is -8.76. The average Bonchev–Trinajstić information content (AvgIpc) is 1.51. The number of nitrogens with two attached hydrogens (primary N) is 2. The summed E-state index contributed by atoms with van der Waals surface area (Å²) in [6.45, 7) is 11.7. The Labute approximate surface area is 705 Å². The van der Waals surface area contributed by atoms with Crippen molar-refractivity contribution >= 4 is 137 Å². The first-order valence-electron chi connectivity index (χ1n) is 41.8. The number of hydrogen-bond donors (Lipinski definition) is 16. The van der Waals surface area contributed by atoms with Gasteiger partial charge in [0.25, 0.3) is 0 Å². The van der Waals surface area contributed by atoms with E-state index in [1.807, 2.05) is 24.3 Å². The van der Waals surface area contributed by atoms with Crippen LogP contribution in [0.2, 0.25) is 0 Å². The maximum Gasteiger partial charge on any atom is 0.244 e. The Kier molecular flexibility index (Phi) is 31.8. The number of aromatic amines is 3. The second kappa shape index (κ2) is 42.5. The Morgan fingerprint density at radius 1 is 0.610 bits per heavy atom. The second-order valence-corrected chi connectivity index (χ2v) is 36.9. The number of aromatic nitrogens is 3. The van der Waals surface area contributed by atoms with Gasteiger partial charge in [-0.1, -0.05) is 97.0 Å². The summed E-state index contributed by atoms with van der Waals surface area (Å²) in [4.78, 5) is 161. The number of aliphatic hydroxyl groups excluding tert-OH is 1. The zero-order chi connectivity index (χ0) is 83.5. The fraction of sp³-hybridized carbons (Fsp3) is 0.535. The average molecular weight is 1690 g/mol. The van der Waals surface area contributed by atoms with Crippen molar-refractivity contribution in [1.29, 1.82) is 0 Å². The lowest BCUT2D eigenvalue weighted by Gasteiger charge is -2.47. The van der Waals surface area contributed by atoms with Crippen LogP contribution in [0, 0.1) is 11.8 Å². The van der Waals surface area contributed by atoms with E-state index < -0.39 is 108 Å². The van der Waals surface area contributed by atoms with Gasteiger partial charge in [-0.2, -0.15) is 23.5 Å². The van der Waals surface area contributed by atoms with E-state index in [2.05, 4.69) is 135 Å². The van der Waals surface area contributed by atoms with Crippen LogP contribution in [0.3, 0.4) is 0 Å². The lowest BCUT2D eigenvalue weighted by molar-refractivity contribution is -0.135. The molecular weight excluding hydrogens is 1580 g/mol. The summed E-state index contributed by atoms with van der Waals surface area (Å²) >= 11 is 3.14. The molecule has 3 aliphatic heterocycles. The van der Waals surface area contributed by atoms with Crippen LogP contribution in [0.5, 0.6) is 5.75 Å². The van der Waals surface area contributed by atoms with Crippen molar-refractivity contribution in [2.75, 3.05) is 73.8 Å². The third-order valence-corrected chi connectivity index (χ3v) is 28.4. The van der Waals surface area contributed by atoms with Gasteiger partial charge in [0.1, 0.15) is 54.1 Å². The molecule has 32 heteroatoms. The number of para-hydroxylation sites is 1. The SMILES string of the molecule is CCCN1C[C@H](CSCC(=O)NCCCC[C@@H](NC(=O)CSC[C@@H]2C[C@@H]3c4cccc5[nH]cc(c45)C[C@H]3N(CCC)C2)C(=O)NC2CSSCC(C(=O)N[C@H](C(N)=O)[C@@H](C)O)NC(=O)C(CC)NC(=O)[C@H](CCCCN)NC(=O)C(Cc3c[nH]c4ccccc34)NC(=O)[C@H](Cc3ccc(O)cc3)NC2=O)C[C@@H]2c3cccc4[nH]cc(c34)C[C@H]21. The quantitative estimate of drug-likeness (QED) is 0.0167. The number of piperidine rings is 2. The number of primary amides is 1. The van der Waals surface area contributed by atoms with Gasteiger partial charge >= 0.3 is 0 Å². The van der Waals surface area contributed by atoms with Crippen LogP contribution in [0.1, 0.15) is 144 Å². The van der Waals surface area contributed by atoms with Gasteiger partial charge in [0, 0.05) is 119 Å². The monoisotopic (exact) mass is 1690 g/mol. The Bertz CT molecular complexity index is 4660. The number of unbranched alkanes of at least 4 members (excludes halogenated alkanes) is 2. The van der Waals surface area contributed by atoms with Crippen LogP contribution >= 0.6 is 45.1 Å². The van der Waals surface area contributed by atoms with Gasteiger partial charge in [-0.3, -0.25) is 57.7 Å². The summed E-state index contributed by atoms with van der Waals surface area (Å²) in [6, 6.07) is 15.8. The number of aliphatic hydroxyl groups is 1. The largest absolute Gasteiger partial charge is 0.508 e. The number of likely N-dealkylation sites (tertiary alicyclic amines) is 2. The molecule has 118 heavy (non-hydrogen) atoms. The summed E-state index contributed by atoms with van der Waals surface area (Å²) in [7, 11) is 2.00. The molecule has 7 aromatic rings. The molecule has 0 radical (unpaired) electrons. The second-order valence-electron chi connectivity index (χ2n) is 32.3. The molecule has 28 nitrogen and oxygen atoms in total. The highest BCUT2D eigenvalue weighted by Crippen LogP contribution is 2.47. The van der Waals surface area contributed by atoms with Gasteiger partial charge in [-0.25, -0.2) is 0 Å². The maximum absolute atomic E-state index is 15.6. The lowest BCUT2D eigenvalue weighted by Crippen LogP contribution is -2.61. The summed E-state index contributed by atoms with van der Waals surface area (Å²) in [5, 5.41) is 49.9. The number of phenols is 1. The van der Waals surface area contributed by atoms with E-state index >= 15 is 19.2 Å². The number of benzene rings is 4. The minimum Gasteiger partial charge on any atom is -0.508 e. The van der Waals surface area contributed by atoms with Gasteiger partial charge in [0.15, 0.2) is 0 Å². The van der Waals surface area contributed by atoms with E-state index in [0.717, 1.165) is 108 Å². The van der Waals surface area contributed by atoms with Crippen LogP contribution in [0.4, 0.5) is 0 Å². The molecule has 4 aromatic carbocycles. The number of thioether (sulfide) groups is 2. The van der Waals surface area contributed by atoms with Gasteiger partial charge in [0.05, 0.1) is 17.6 Å². The molecule has 15 atom stereocenters. The van der Waals surface area contributed by atoms with E-state index in [0.29, 0.717) is 72.4 Å². The molecule has 3 fully saturated rings. The third-order valence-electron chi connectivity index (χ3n) is 23.7. The number of amides is 10. The molecule has 3 saturated heterocycles. The first kappa shape index (κ1) is 88.5. The highest BCUT2D eigenvalue weighted by molar-refractivity contribution is 8.76. The summed E-state index contributed by atoms with van der Waals surface area (Å²) < 4.78 is 0. The van der Waals surface area contributed by atoms with Crippen LogP contribution in [0.25, 0.3) is 32.7 Å². The van der Waals surface area contributed by atoms with E-state index in [1.165, 1.54) is 69.4 Å². The molecule has 0 saturated carbocycles. The van der Waals surface area contributed by atoms with Crippen LogP contribution in [0.15, 0.2) is 104 Å². The van der Waals surface area contributed by atoms with Crippen molar-refractivity contribution < 1.29 is 58.2 Å². The van der Waals surface area contributed by atoms with Crippen molar-refractivity contribution in [2.24, 2.45) is 23.3 Å². The smallest absolute Gasteiger partial charge is 0.244 e. The number of carbonyl (C=O) groups excluding carboxylic acids is 10. The standard InChI is InChI=1S/C86H116N16O12S4/c1-5-30-101-41-51(32-60-58-17-14-22-64-76(58)54(39-91-64)36-72(60)101)43-115-47-74(105)89-29-13-11-21-66(93-75(106)48-116-44-52-33-61-59-18-15-23-65-77(59)55(40-92-65)37-73(61)102(42-52)31-6-2)81(109)99-70-45-117-118-46-71(86(114)100-78(49(4)103)79(88)107)98-80(108)62(7-3)94-82(110)67(20-10-12-28-87)95-84(112)69(35-53-38-90-63-19-9-8-16-57(53)63)97-83(111)68(96-85(70)113)34-50-24-26-56(104)27-25-50/h8-9,14-19,22-27,38-40,49,51-52,60-62,66-73,78,90-92,103-104H,5-7,10-13,20-21,28-37,41-48,87H2,1-4H3,(H2,88,107)(H,89,105)(H,93,106)(H,94,110)(H,95,112)(H,96,113)(H,97,111)(H,98,108)(H,99,109)(H,100,114)/t49-,51-,52-,60-,61-,62?,66-,67+,68+,69?,70?,71?,72-,73-,78+/m1/s1. The highest BCUT2D eigenvalue weighted by atomic mass is 33.1. The minimum atomic E-state index is -1.60. The zero-order valence-electron chi connectivity index (χ0n) is 67.7. The summed E-state index contributed by atoms with van der Waals surface area (Å²) in [5.74, 6) is -4.82. The van der Waals surface area contributed by atoms with Crippen LogP contribution in [-0.4, -0.2) is 234 Å². The van der Waals surface area contributed by atoms with Crippen molar-refractivity contribution in [3.8, 4) is 5.75 Å². The first-order valence-corrected chi connectivity index (χ1v) is 46.6. The van der Waals surface area contributed by atoms with Gasteiger partial charge in [-0.05, 0) is 197 Å². The van der Waals surface area contributed by atoms with E-state index in [1.54, 1.807) is 37.0 Å². The molecule has 10 amide bonds. The molecule has 18 N–H and O–H groups in total. The molecule has 4 unspecified atom stereocenters. The van der Waals surface area contributed by atoms with Gasteiger partial charge in [0.2, 0.25) is 59.1 Å². The van der Waals surface area contributed by atoms with Crippen molar-refractivity contribution in [3.05, 3.63) is 137 Å². The molecule has 5 aliphatic rings.